The normalized spacial score (nSPS) is 15.4. The maximum Gasteiger partial charge on any atom is 0.417 e. The molecule has 0 amide bonds. The van der Waals surface area contributed by atoms with Crippen molar-refractivity contribution in [3.8, 4) is 23.1 Å². The molecule has 1 aliphatic rings. The van der Waals surface area contributed by atoms with Crippen LogP contribution in [0.15, 0.2) is 23.0 Å². The van der Waals surface area contributed by atoms with Crippen LogP contribution in [0.2, 0.25) is 0 Å². The molecule has 0 saturated heterocycles. The van der Waals surface area contributed by atoms with Crippen LogP contribution in [0.4, 0.5) is 33.5 Å². The third-order valence-electron chi connectivity index (χ3n) is 6.76. The number of aromatic nitrogens is 4. The number of alkyl halides is 3. The van der Waals surface area contributed by atoms with Gasteiger partial charge >= 0.3 is 12.2 Å². The van der Waals surface area contributed by atoms with Crippen molar-refractivity contribution in [2.75, 3.05) is 37.3 Å². The summed E-state index contributed by atoms with van der Waals surface area (Å²) in [6.07, 6.45) is -0.816. The molecule has 0 fully saturated rings. The quantitative estimate of drug-likeness (QED) is 0.132. The second-order valence-corrected chi connectivity index (χ2v) is 9.86. The molecular weight excluding hydrogens is 589 g/mol. The van der Waals surface area contributed by atoms with E-state index in [0.29, 0.717) is 38.9 Å². The SMILES string of the molecule is CC.Cc1c(F)c(N)cc(-c2nc3c4c(nc(OCCCc5cnoc5)nc4c2F)NCCNCCC(C)O3)c1C(F)(F)F. The van der Waals surface area contributed by atoms with Gasteiger partial charge in [0.05, 0.1) is 30.2 Å². The number of nitrogens with two attached hydrogens (primary N) is 1. The van der Waals surface area contributed by atoms with Crippen LogP contribution in [-0.4, -0.2) is 52.5 Å². The maximum atomic E-state index is 16.3. The lowest BCUT2D eigenvalue weighted by Crippen LogP contribution is -2.26. The van der Waals surface area contributed by atoms with Crippen molar-refractivity contribution < 1.29 is 35.9 Å². The summed E-state index contributed by atoms with van der Waals surface area (Å²) in [5, 5.41) is 9.99. The van der Waals surface area contributed by atoms with Crippen molar-refractivity contribution in [1.29, 1.82) is 0 Å². The lowest BCUT2D eigenvalue weighted by Gasteiger charge is -2.21. The number of nitrogens with zero attached hydrogens (tertiary/aromatic N) is 4. The largest absolute Gasteiger partial charge is 0.474 e. The van der Waals surface area contributed by atoms with E-state index >= 15 is 4.39 Å². The van der Waals surface area contributed by atoms with Gasteiger partial charge in [0.1, 0.15) is 34.5 Å². The predicted octanol–water partition coefficient (Wildman–Crippen LogP) is 6.08. The molecule has 1 aliphatic heterocycles. The topological polar surface area (TPSA) is 133 Å². The second-order valence-electron chi connectivity index (χ2n) is 9.86. The number of halogens is 5. The van der Waals surface area contributed by atoms with Gasteiger partial charge in [0.15, 0.2) is 5.82 Å². The number of hydrogen-bond acceptors (Lipinski definition) is 10. The van der Waals surface area contributed by atoms with E-state index in [0.717, 1.165) is 18.6 Å². The number of rotatable bonds is 6. The van der Waals surface area contributed by atoms with E-state index in [1.54, 1.807) is 13.1 Å². The highest BCUT2D eigenvalue weighted by Gasteiger charge is 2.39. The summed E-state index contributed by atoms with van der Waals surface area (Å²) in [6.45, 7) is 8.31. The molecule has 3 aromatic heterocycles. The molecule has 4 heterocycles. The summed E-state index contributed by atoms with van der Waals surface area (Å²) in [7, 11) is 0. The lowest BCUT2D eigenvalue weighted by molar-refractivity contribution is -0.137. The van der Waals surface area contributed by atoms with E-state index in [2.05, 4.69) is 30.7 Å². The van der Waals surface area contributed by atoms with E-state index in [-0.39, 0.29) is 35.2 Å². The zero-order valence-corrected chi connectivity index (χ0v) is 24.7. The van der Waals surface area contributed by atoms with E-state index in [1.165, 1.54) is 6.26 Å². The number of hydrogen-bond donors (Lipinski definition) is 3. The first-order valence-corrected chi connectivity index (χ1v) is 14.2. The summed E-state index contributed by atoms with van der Waals surface area (Å²) in [5.74, 6) is -2.51. The van der Waals surface area contributed by atoms with Gasteiger partial charge in [-0.15, -0.1) is 0 Å². The van der Waals surface area contributed by atoms with Crippen LogP contribution < -0.4 is 25.8 Å². The van der Waals surface area contributed by atoms with Crippen molar-refractivity contribution in [3.05, 3.63) is 46.9 Å². The van der Waals surface area contributed by atoms with Crippen molar-refractivity contribution in [3.63, 3.8) is 0 Å². The van der Waals surface area contributed by atoms with Gasteiger partial charge in [0.25, 0.3) is 0 Å². The first kappa shape index (κ1) is 32.6. The Balaban J connectivity index is 0.00000216. The average Bonchev–Trinajstić information content (AvgIpc) is 3.50. The molecule has 5 rings (SSSR count). The minimum atomic E-state index is -5.05. The number of pyridine rings is 1. The molecule has 4 N–H and O–H groups in total. The van der Waals surface area contributed by atoms with Crippen LogP contribution >= 0.6 is 0 Å². The lowest BCUT2D eigenvalue weighted by atomic mass is 9.96. The molecular formula is C29H34F5N7O3. The molecule has 1 unspecified atom stereocenters. The second kappa shape index (κ2) is 14.0. The summed E-state index contributed by atoms with van der Waals surface area (Å²) in [5.41, 5.74) is 1.90. The fourth-order valence-electron chi connectivity index (χ4n) is 4.69. The van der Waals surface area contributed by atoms with Gasteiger partial charge in [-0.25, -0.2) is 13.8 Å². The molecule has 0 spiro atoms. The highest BCUT2D eigenvalue weighted by molar-refractivity contribution is 5.96. The first-order chi connectivity index (χ1) is 21.0. The van der Waals surface area contributed by atoms with Gasteiger partial charge in [-0.05, 0) is 51.3 Å². The zero-order valence-electron chi connectivity index (χ0n) is 24.7. The van der Waals surface area contributed by atoms with Gasteiger partial charge in [-0.3, -0.25) is 0 Å². The summed E-state index contributed by atoms with van der Waals surface area (Å²) < 4.78 is 90.0. The molecule has 0 radical (unpaired) electrons. The minimum absolute atomic E-state index is 0.0298. The van der Waals surface area contributed by atoms with Crippen LogP contribution in [0.5, 0.6) is 11.9 Å². The molecule has 44 heavy (non-hydrogen) atoms. The van der Waals surface area contributed by atoms with Crippen molar-refractivity contribution in [1.82, 2.24) is 25.4 Å². The van der Waals surface area contributed by atoms with Crippen LogP contribution in [0.3, 0.4) is 0 Å². The van der Waals surface area contributed by atoms with Gasteiger partial charge in [0.2, 0.25) is 5.88 Å². The summed E-state index contributed by atoms with van der Waals surface area (Å²) >= 11 is 0. The summed E-state index contributed by atoms with van der Waals surface area (Å²) in [4.78, 5) is 12.8. The van der Waals surface area contributed by atoms with Crippen molar-refractivity contribution in [2.45, 2.75) is 59.2 Å². The summed E-state index contributed by atoms with van der Waals surface area (Å²) in [6, 6.07) is 0.509. The zero-order chi connectivity index (χ0) is 32.0. The fourth-order valence-corrected chi connectivity index (χ4v) is 4.69. The van der Waals surface area contributed by atoms with Gasteiger partial charge < -0.3 is 30.4 Å². The maximum absolute atomic E-state index is 16.3. The fraction of sp³-hybridized carbons (Fsp3) is 0.448. The standard InChI is InChI=1S/C27H28F5N7O3.C2H6/c1-13-5-6-34-7-8-35-24-18-23(38-26(39-24)40-9-3-4-15-11-36-41-12-15)21(29)22(37-25(18)42-13)16-10-17(33)20(28)14(2)19(16)27(30,31)32;1-2/h10-13,34H,3-9,33H2,1-2H3,(H,35,38,39);1-2H3. The molecule has 4 aromatic rings. The van der Waals surface area contributed by atoms with Crippen molar-refractivity contribution in [2.24, 2.45) is 0 Å². The van der Waals surface area contributed by atoms with E-state index in [9.17, 15) is 17.6 Å². The number of anilines is 2. The number of nitrogen functional groups attached to an aromatic ring is 1. The molecule has 1 aromatic carbocycles. The number of aryl methyl sites for hydroxylation is 1. The van der Waals surface area contributed by atoms with Crippen LogP contribution in [0, 0.1) is 18.6 Å². The van der Waals surface area contributed by atoms with Gasteiger partial charge in [0, 0.05) is 24.2 Å². The third-order valence-corrected chi connectivity index (χ3v) is 6.76. The molecule has 0 saturated carbocycles. The van der Waals surface area contributed by atoms with Crippen LogP contribution in [0.25, 0.3) is 22.2 Å². The van der Waals surface area contributed by atoms with E-state index < -0.39 is 52.0 Å². The Morgan fingerprint density at radius 1 is 1.09 bits per heavy atom. The minimum Gasteiger partial charge on any atom is -0.474 e. The Kier molecular flexibility index (Phi) is 10.4. The number of ether oxygens (including phenoxy) is 2. The molecule has 238 valence electrons. The Morgan fingerprint density at radius 2 is 1.86 bits per heavy atom. The van der Waals surface area contributed by atoms with Crippen LogP contribution in [-0.2, 0) is 12.6 Å². The van der Waals surface area contributed by atoms with Crippen molar-refractivity contribution >= 4 is 22.4 Å². The Labute approximate surface area is 250 Å². The number of nitrogens with one attached hydrogen (secondary N) is 2. The van der Waals surface area contributed by atoms with E-state index in [1.807, 2.05) is 13.8 Å². The third kappa shape index (κ3) is 7.09. The molecule has 0 aliphatic carbocycles. The Bertz CT molecular complexity index is 1580. The molecule has 15 heteroatoms. The molecule has 1 atom stereocenters. The van der Waals surface area contributed by atoms with Gasteiger partial charge in [-0.1, -0.05) is 19.0 Å². The Hall–Kier alpha value is -4.27. The first-order valence-electron chi connectivity index (χ1n) is 14.2. The molecule has 10 nitrogen and oxygen atoms in total. The predicted molar refractivity (Wildman–Crippen MR) is 155 cm³/mol. The highest BCUT2D eigenvalue weighted by atomic mass is 19.4. The van der Waals surface area contributed by atoms with Crippen LogP contribution in [0.1, 0.15) is 50.3 Å². The average molecular weight is 624 g/mol. The Morgan fingerprint density at radius 3 is 2.57 bits per heavy atom. The molecule has 0 bridgehead atoms. The number of benzene rings is 1. The van der Waals surface area contributed by atoms with E-state index in [4.69, 9.17) is 19.7 Å². The highest BCUT2D eigenvalue weighted by Crippen LogP contribution is 2.44. The smallest absolute Gasteiger partial charge is 0.417 e. The van der Waals surface area contributed by atoms with Gasteiger partial charge in [-0.2, -0.15) is 23.1 Å². The monoisotopic (exact) mass is 623 g/mol.